The van der Waals surface area contributed by atoms with Crippen LogP contribution in [0.3, 0.4) is 0 Å². The SMILES string of the molecule is CN1/C(=C/C(=O)CC(N)=O)C(C)(C)c2ccccc21. The standard InChI is InChI=1S/C15H18N2O2/c1-15(2)11-6-4-5-7-12(11)17(3)13(15)8-10(18)9-14(16)19/h4-8H,9H2,1-3H3,(H2,16,19)/b13-8+. The summed E-state index contributed by atoms with van der Waals surface area (Å²) < 4.78 is 0. The molecule has 0 radical (unpaired) electrons. The molecular weight excluding hydrogens is 240 g/mol. The van der Waals surface area contributed by atoms with Crippen LogP contribution in [0.25, 0.3) is 0 Å². The molecule has 0 aliphatic carbocycles. The van der Waals surface area contributed by atoms with Gasteiger partial charge in [-0.25, -0.2) is 0 Å². The Labute approximate surface area is 112 Å². The molecule has 2 rings (SSSR count). The summed E-state index contributed by atoms with van der Waals surface area (Å²) in [6.45, 7) is 4.14. The fraction of sp³-hybridized carbons (Fsp3) is 0.333. The van der Waals surface area contributed by atoms with E-state index in [0.29, 0.717) is 0 Å². The lowest BCUT2D eigenvalue weighted by Gasteiger charge is -2.23. The van der Waals surface area contributed by atoms with Gasteiger partial charge in [-0.1, -0.05) is 32.0 Å². The minimum absolute atomic E-state index is 0.246. The van der Waals surface area contributed by atoms with Crippen molar-refractivity contribution in [3.8, 4) is 0 Å². The third kappa shape index (κ3) is 2.26. The van der Waals surface area contributed by atoms with Gasteiger partial charge in [0.2, 0.25) is 5.91 Å². The number of rotatable bonds is 3. The van der Waals surface area contributed by atoms with Crippen LogP contribution in [0.4, 0.5) is 5.69 Å². The zero-order valence-electron chi connectivity index (χ0n) is 11.4. The van der Waals surface area contributed by atoms with Gasteiger partial charge < -0.3 is 10.6 Å². The lowest BCUT2D eigenvalue weighted by molar-refractivity contribution is -0.124. The van der Waals surface area contributed by atoms with Crippen LogP contribution >= 0.6 is 0 Å². The largest absolute Gasteiger partial charge is 0.369 e. The molecule has 4 nitrogen and oxygen atoms in total. The normalized spacial score (nSPS) is 18.5. The molecular formula is C15H18N2O2. The third-order valence-corrected chi connectivity index (χ3v) is 3.59. The first-order valence-electron chi connectivity index (χ1n) is 6.20. The number of carbonyl (C=O) groups excluding carboxylic acids is 2. The first-order chi connectivity index (χ1) is 8.84. The van der Waals surface area contributed by atoms with Crippen molar-refractivity contribution in [2.24, 2.45) is 5.73 Å². The average molecular weight is 258 g/mol. The Bertz CT molecular complexity index is 573. The van der Waals surface area contributed by atoms with E-state index in [2.05, 4.69) is 19.9 Å². The maximum absolute atomic E-state index is 11.8. The van der Waals surface area contributed by atoms with Gasteiger partial charge in [-0.05, 0) is 11.6 Å². The number of likely N-dealkylation sites (N-methyl/N-ethyl adjacent to an activating group) is 1. The first kappa shape index (κ1) is 13.3. The van der Waals surface area contributed by atoms with Crippen LogP contribution < -0.4 is 10.6 Å². The topological polar surface area (TPSA) is 63.4 Å². The summed E-state index contributed by atoms with van der Waals surface area (Å²) in [5, 5.41) is 0. The molecule has 2 N–H and O–H groups in total. The van der Waals surface area contributed by atoms with Gasteiger partial charge in [-0.15, -0.1) is 0 Å². The van der Waals surface area contributed by atoms with Gasteiger partial charge in [0.1, 0.15) is 0 Å². The van der Waals surface area contributed by atoms with Crippen molar-refractivity contribution in [2.75, 3.05) is 11.9 Å². The number of allylic oxidation sites excluding steroid dienone is 2. The Balaban J connectivity index is 2.42. The van der Waals surface area contributed by atoms with E-state index in [9.17, 15) is 9.59 Å². The molecule has 0 spiro atoms. The molecule has 1 aromatic rings. The fourth-order valence-electron chi connectivity index (χ4n) is 2.63. The van der Waals surface area contributed by atoms with E-state index in [0.717, 1.165) is 11.4 Å². The van der Waals surface area contributed by atoms with E-state index in [1.807, 2.05) is 30.1 Å². The molecule has 0 saturated heterocycles. The monoisotopic (exact) mass is 258 g/mol. The zero-order valence-corrected chi connectivity index (χ0v) is 11.4. The number of para-hydroxylation sites is 1. The Morgan fingerprint density at radius 3 is 2.53 bits per heavy atom. The summed E-state index contributed by atoms with van der Waals surface area (Å²) in [6, 6.07) is 8.05. The van der Waals surface area contributed by atoms with Crippen LogP contribution in [0, 0.1) is 0 Å². The van der Waals surface area contributed by atoms with Gasteiger partial charge in [0.25, 0.3) is 0 Å². The highest BCUT2D eigenvalue weighted by Gasteiger charge is 2.38. The van der Waals surface area contributed by atoms with Crippen molar-refractivity contribution in [1.82, 2.24) is 0 Å². The van der Waals surface area contributed by atoms with Crippen molar-refractivity contribution < 1.29 is 9.59 Å². The van der Waals surface area contributed by atoms with Gasteiger partial charge >= 0.3 is 0 Å². The van der Waals surface area contributed by atoms with Crippen molar-refractivity contribution in [3.05, 3.63) is 41.6 Å². The van der Waals surface area contributed by atoms with Gasteiger partial charge in [-0.3, -0.25) is 9.59 Å². The van der Waals surface area contributed by atoms with Gasteiger partial charge in [0, 0.05) is 29.9 Å². The molecule has 0 bridgehead atoms. The molecule has 4 heteroatoms. The van der Waals surface area contributed by atoms with Crippen molar-refractivity contribution in [2.45, 2.75) is 25.7 Å². The summed E-state index contributed by atoms with van der Waals surface area (Å²) in [4.78, 5) is 24.6. The smallest absolute Gasteiger partial charge is 0.225 e. The molecule has 100 valence electrons. The third-order valence-electron chi connectivity index (χ3n) is 3.59. The number of amides is 1. The zero-order chi connectivity index (χ0) is 14.2. The van der Waals surface area contributed by atoms with E-state index in [4.69, 9.17) is 5.73 Å². The molecule has 0 saturated carbocycles. The second kappa shape index (κ2) is 4.53. The Hall–Kier alpha value is -2.10. The van der Waals surface area contributed by atoms with E-state index < -0.39 is 5.91 Å². The molecule has 0 aromatic heterocycles. The van der Waals surface area contributed by atoms with Crippen molar-refractivity contribution in [1.29, 1.82) is 0 Å². The lowest BCUT2D eigenvalue weighted by atomic mass is 9.83. The van der Waals surface area contributed by atoms with Crippen LogP contribution in [0.15, 0.2) is 36.0 Å². The summed E-state index contributed by atoms with van der Waals surface area (Å²) in [7, 11) is 1.93. The molecule has 1 aromatic carbocycles. The van der Waals surface area contributed by atoms with E-state index in [1.165, 1.54) is 11.6 Å². The number of primary amides is 1. The van der Waals surface area contributed by atoms with E-state index >= 15 is 0 Å². The Kier molecular flexibility index (Phi) is 3.18. The van der Waals surface area contributed by atoms with Gasteiger partial charge in [-0.2, -0.15) is 0 Å². The second-order valence-corrected chi connectivity index (χ2v) is 5.34. The minimum atomic E-state index is -0.599. The number of hydrogen-bond acceptors (Lipinski definition) is 3. The molecule has 0 unspecified atom stereocenters. The van der Waals surface area contributed by atoms with Crippen molar-refractivity contribution >= 4 is 17.4 Å². The summed E-state index contributed by atoms with van der Waals surface area (Å²) in [5.41, 5.74) is 7.95. The Morgan fingerprint density at radius 1 is 1.32 bits per heavy atom. The number of hydrogen-bond donors (Lipinski definition) is 1. The number of carbonyl (C=O) groups is 2. The predicted octanol–water partition coefficient (Wildman–Crippen LogP) is 1.74. The molecule has 1 amide bonds. The van der Waals surface area contributed by atoms with Crippen molar-refractivity contribution in [3.63, 3.8) is 0 Å². The highest BCUT2D eigenvalue weighted by molar-refractivity contribution is 6.04. The van der Waals surface area contributed by atoms with Gasteiger partial charge in [0.05, 0.1) is 6.42 Å². The van der Waals surface area contributed by atoms with Crippen LogP contribution in [-0.4, -0.2) is 18.7 Å². The lowest BCUT2D eigenvalue weighted by Crippen LogP contribution is -2.25. The van der Waals surface area contributed by atoms with E-state index in [-0.39, 0.29) is 17.6 Å². The quantitative estimate of drug-likeness (QED) is 0.663. The Morgan fingerprint density at radius 2 is 1.95 bits per heavy atom. The van der Waals surface area contributed by atoms with Crippen LogP contribution in [0.1, 0.15) is 25.8 Å². The van der Waals surface area contributed by atoms with Gasteiger partial charge in [0.15, 0.2) is 5.78 Å². The number of nitrogens with two attached hydrogens (primary N) is 1. The molecule has 0 atom stereocenters. The minimum Gasteiger partial charge on any atom is -0.369 e. The second-order valence-electron chi connectivity index (χ2n) is 5.34. The number of fused-ring (bicyclic) bond motifs is 1. The number of ketones is 1. The molecule has 0 fully saturated rings. The number of benzene rings is 1. The maximum atomic E-state index is 11.8. The summed E-state index contributed by atoms with van der Waals surface area (Å²) in [6.07, 6.45) is 1.29. The number of anilines is 1. The van der Waals surface area contributed by atoms with Crippen LogP contribution in [0.2, 0.25) is 0 Å². The highest BCUT2D eigenvalue weighted by atomic mass is 16.2. The summed E-state index contributed by atoms with van der Waals surface area (Å²) in [5.74, 6) is -0.854. The van der Waals surface area contributed by atoms with Crippen LogP contribution in [0.5, 0.6) is 0 Å². The van der Waals surface area contributed by atoms with Crippen LogP contribution in [-0.2, 0) is 15.0 Å². The average Bonchev–Trinajstić information content (AvgIpc) is 2.51. The molecule has 1 heterocycles. The summed E-state index contributed by atoms with van der Waals surface area (Å²) >= 11 is 0. The molecule has 19 heavy (non-hydrogen) atoms. The first-order valence-corrected chi connectivity index (χ1v) is 6.20. The highest BCUT2D eigenvalue weighted by Crippen LogP contribution is 2.46. The molecule has 1 aliphatic heterocycles. The maximum Gasteiger partial charge on any atom is 0.225 e. The van der Waals surface area contributed by atoms with E-state index in [1.54, 1.807) is 0 Å². The molecule has 1 aliphatic rings. The fourth-order valence-corrected chi connectivity index (χ4v) is 2.63. The number of nitrogens with zero attached hydrogens (tertiary/aromatic N) is 1. The predicted molar refractivity (Wildman–Crippen MR) is 74.8 cm³/mol.